The van der Waals surface area contributed by atoms with Crippen molar-refractivity contribution in [1.82, 2.24) is 10.2 Å². The zero-order valence-electron chi connectivity index (χ0n) is 7.30. The number of aromatic amines is 1. The first-order valence-electron chi connectivity index (χ1n) is 3.94. The number of nitrogens with one attached hydrogen (secondary N) is 1. The zero-order valence-corrected chi connectivity index (χ0v) is 7.30. The van der Waals surface area contributed by atoms with Gasteiger partial charge >= 0.3 is 6.36 Å². The molecule has 0 fully saturated rings. The fraction of sp³-hybridized carbons (Fsp3) is 0.125. The number of rotatable bonds is 1. The van der Waals surface area contributed by atoms with Gasteiger partial charge in [-0.2, -0.15) is 5.10 Å². The molecule has 1 aromatic carbocycles. The van der Waals surface area contributed by atoms with E-state index in [2.05, 4.69) is 14.9 Å². The maximum atomic E-state index is 11.9. The molecule has 80 valence electrons. The Morgan fingerprint density at radius 2 is 2.07 bits per heavy atom. The maximum absolute atomic E-state index is 11.9. The molecule has 0 radical (unpaired) electrons. The van der Waals surface area contributed by atoms with E-state index in [0.717, 1.165) is 6.07 Å². The van der Waals surface area contributed by atoms with Crippen LogP contribution in [-0.2, 0) is 0 Å². The van der Waals surface area contributed by atoms with Crippen LogP contribution in [0.3, 0.4) is 0 Å². The van der Waals surface area contributed by atoms with Gasteiger partial charge in [-0.3, -0.25) is 5.10 Å². The number of anilines is 1. The summed E-state index contributed by atoms with van der Waals surface area (Å²) in [5.74, 6) is -0.431. The predicted octanol–water partition coefficient (Wildman–Crippen LogP) is 2.04. The van der Waals surface area contributed by atoms with Crippen molar-refractivity contribution >= 4 is 16.6 Å². The molecular formula is C8H6F3N3O. The summed E-state index contributed by atoms with van der Waals surface area (Å²) in [5, 5.41) is 6.81. The summed E-state index contributed by atoms with van der Waals surface area (Å²) in [6, 6.07) is 2.52. The third-order valence-corrected chi connectivity index (χ3v) is 1.80. The number of aromatic nitrogens is 2. The van der Waals surface area contributed by atoms with Crippen molar-refractivity contribution in [3.8, 4) is 5.75 Å². The van der Waals surface area contributed by atoms with Crippen LogP contribution in [0, 0.1) is 0 Å². The van der Waals surface area contributed by atoms with Crippen molar-refractivity contribution in [2.75, 3.05) is 5.73 Å². The average Bonchev–Trinajstić information content (AvgIpc) is 2.49. The van der Waals surface area contributed by atoms with E-state index in [-0.39, 0.29) is 5.69 Å². The smallest absolute Gasteiger partial charge is 0.404 e. The number of hydrogen-bond donors (Lipinski definition) is 2. The molecule has 0 spiro atoms. The molecular weight excluding hydrogens is 211 g/mol. The largest absolute Gasteiger partial charge is 0.573 e. The number of nitrogens with two attached hydrogens (primary N) is 1. The highest BCUT2D eigenvalue weighted by atomic mass is 19.4. The molecule has 2 aromatic rings. The molecule has 0 aliphatic rings. The van der Waals surface area contributed by atoms with Crippen LogP contribution >= 0.6 is 0 Å². The minimum Gasteiger partial charge on any atom is -0.404 e. The summed E-state index contributed by atoms with van der Waals surface area (Å²) < 4.78 is 39.6. The molecule has 0 atom stereocenters. The van der Waals surface area contributed by atoms with E-state index >= 15 is 0 Å². The second kappa shape index (κ2) is 3.04. The minimum atomic E-state index is -4.75. The van der Waals surface area contributed by atoms with Crippen LogP contribution in [0.15, 0.2) is 18.3 Å². The van der Waals surface area contributed by atoms with Crippen LogP contribution in [-0.4, -0.2) is 16.6 Å². The lowest BCUT2D eigenvalue weighted by molar-refractivity contribution is -0.274. The molecule has 0 bridgehead atoms. The highest BCUT2D eigenvalue weighted by Gasteiger charge is 2.32. The predicted molar refractivity (Wildman–Crippen MR) is 47.2 cm³/mol. The molecule has 0 aliphatic carbocycles. The van der Waals surface area contributed by atoms with Crippen molar-refractivity contribution < 1.29 is 17.9 Å². The van der Waals surface area contributed by atoms with Gasteiger partial charge in [0.15, 0.2) is 5.75 Å². The second-order valence-corrected chi connectivity index (χ2v) is 2.90. The molecule has 0 aliphatic heterocycles. The second-order valence-electron chi connectivity index (χ2n) is 2.90. The summed E-state index contributed by atoms with van der Waals surface area (Å²) in [7, 11) is 0. The SMILES string of the molecule is Nc1cc2cn[nH]c2cc1OC(F)(F)F. The summed E-state index contributed by atoms with van der Waals surface area (Å²) in [6.45, 7) is 0. The Hall–Kier alpha value is -1.92. The third kappa shape index (κ3) is 1.95. The van der Waals surface area contributed by atoms with Gasteiger partial charge in [0.25, 0.3) is 0 Å². The first-order valence-corrected chi connectivity index (χ1v) is 3.94. The Morgan fingerprint density at radius 1 is 1.33 bits per heavy atom. The molecule has 15 heavy (non-hydrogen) atoms. The van der Waals surface area contributed by atoms with E-state index < -0.39 is 12.1 Å². The summed E-state index contributed by atoms with van der Waals surface area (Å²) >= 11 is 0. The number of benzene rings is 1. The van der Waals surface area contributed by atoms with Gasteiger partial charge in [-0.25, -0.2) is 0 Å². The Kier molecular flexibility index (Phi) is 1.95. The number of fused-ring (bicyclic) bond motifs is 1. The fourth-order valence-corrected chi connectivity index (χ4v) is 1.20. The van der Waals surface area contributed by atoms with E-state index in [4.69, 9.17) is 5.73 Å². The van der Waals surface area contributed by atoms with Gasteiger partial charge in [-0.1, -0.05) is 0 Å². The maximum Gasteiger partial charge on any atom is 0.573 e. The molecule has 0 saturated carbocycles. The highest BCUT2D eigenvalue weighted by molar-refractivity contribution is 5.84. The van der Waals surface area contributed by atoms with Gasteiger partial charge in [0, 0.05) is 11.5 Å². The lowest BCUT2D eigenvalue weighted by Gasteiger charge is -2.10. The van der Waals surface area contributed by atoms with E-state index in [1.807, 2.05) is 0 Å². The minimum absolute atomic E-state index is 0.0822. The molecule has 1 aromatic heterocycles. The van der Waals surface area contributed by atoms with Crippen molar-refractivity contribution in [1.29, 1.82) is 0 Å². The van der Waals surface area contributed by atoms with E-state index in [0.29, 0.717) is 10.9 Å². The molecule has 3 N–H and O–H groups in total. The first-order chi connectivity index (χ1) is 6.96. The molecule has 0 saturated heterocycles. The van der Waals surface area contributed by atoms with Crippen LogP contribution in [0.1, 0.15) is 0 Å². The van der Waals surface area contributed by atoms with Crippen LogP contribution in [0.2, 0.25) is 0 Å². The number of H-pyrrole nitrogens is 1. The first kappa shape index (κ1) is 9.63. The Bertz CT molecular complexity index is 491. The van der Waals surface area contributed by atoms with Crippen molar-refractivity contribution in [3.63, 3.8) is 0 Å². The normalized spacial score (nSPS) is 11.9. The average molecular weight is 217 g/mol. The lowest BCUT2D eigenvalue weighted by atomic mass is 10.2. The van der Waals surface area contributed by atoms with Crippen LogP contribution < -0.4 is 10.5 Å². The van der Waals surface area contributed by atoms with Gasteiger partial charge in [0.05, 0.1) is 17.4 Å². The monoisotopic (exact) mass is 217 g/mol. The van der Waals surface area contributed by atoms with Crippen LogP contribution in [0.5, 0.6) is 5.75 Å². The summed E-state index contributed by atoms with van der Waals surface area (Å²) in [6.07, 6.45) is -3.29. The van der Waals surface area contributed by atoms with Crippen molar-refractivity contribution in [3.05, 3.63) is 18.3 Å². The number of ether oxygens (including phenoxy) is 1. The Labute approximate surface area is 81.8 Å². The van der Waals surface area contributed by atoms with E-state index in [1.165, 1.54) is 12.3 Å². The molecule has 0 unspecified atom stereocenters. The molecule has 7 heteroatoms. The molecule has 1 heterocycles. The molecule has 4 nitrogen and oxygen atoms in total. The topological polar surface area (TPSA) is 63.9 Å². The number of halogens is 3. The van der Waals surface area contributed by atoms with Crippen molar-refractivity contribution in [2.24, 2.45) is 0 Å². The van der Waals surface area contributed by atoms with Crippen LogP contribution in [0.4, 0.5) is 18.9 Å². The fourth-order valence-electron chi connectivity index (χ4n) is 1.20. The zero-order chi connectivity index (χ0) is 11.1. The van der Waals surface area contributed by atoms with Crippen LogP contribution in [0.25, 0.3) is 10.9 Å². The van der Waals surface area contributed by atoms with Gasteiger partial charge in [0.1, 0.15) is 0 Å². The molecule has 2 rings (SSSR count). The van der Waals surface area contributed by atoms with E-state index in [9.17, 15) is 13.2 Å². The Balaban J connectivity index is 2.46. The van der Waals surface area contributed by atoms with E-state index in [1.54, 1.807) is 0 Å². The number of hydrogen-bond acceptors (Lipinski definition) is 3. The Morgan fingerprint density at radius 3 is 2.73 bits per heavy atom. The van der Waals surface area contributed by atoms with Gasteiger partial charge < -0.3 is 10.5 Å². The van der Waals surface area contributed by atoms with Gasteiger partial charge in [-0.15, -0.1) is 13.2 Å². The van der Waals surface area contributed by atoms with Crippen molar-refractivity contribution in [2.45, 2.75) is 6.36 Å². The standard InChI is InChI=1S/C8H6F3N3O/c9-8(10,11)15-7-2-6-4(1-5(7)12)3-13-14-6/h1-3H,12H2,(H,13,14). The summed E-state index contributed by atoms with van der Waals surface area (Å²) in [4.78, 5) is 0. The summed E-state index contributed by atoms with van der Waals surface area (Å²) in [5.41, 5.74) is 5.74. The molecule has 0 amide bonds. The third-order valence-electron chi connectivity index (χ3n) is 1.80. The van der Waals surface area contributed by atoms with Gasteiger partial charge in [-0.05, 0) is 6.07 Å². The van der Waals surface area contributed by atoms with Gasteiger partial charge in [0.2, 0.25) is 0 Å². The quantitative estimate of drug-likeness (QED) is 0.718. The number of nitrogens with zero attached hydrogens (tertiary/aromatic N) is 1. The number of nitrogen functional groups attached to an aromatic ring is 1. The highest BCUT2D eigenvalue weighted by Crippen LogP contribution is 2.31. The lowest BCUT2D eigenvalue weighted by Crippen LogP contribution is -2.17. The number of alkyl halides is 3.